The van der Waals surface area contributed by atoms with Crippen molar-refractivity contribution in [2.45, 2.75) is 18.9 Å². The zero-order valence-corrected chi connectivity index (χ0v) is 20.7. The van der Waals surface area contributed by atoms with E-state index in [0.29, 0.717) is 6.61 Å². The maximum Gasteiger partial charge on any atom is 0.382 e. The summed E-state index contributed by atoms with van der Waals surface area (Å²) in [5, 5.41) is 0. The van der Waals surface area contributed by atoms with Crippen LogP contribution in [0.3, 0.4) is 0 Å². The van der Waals surface area contributed by atoms with E-state index in [1.54, 1.807) is 34.2 Å². The molecule has 28 heavy (non-hydrogen) atoms. The maximum atomic E-state index is 6.66. The van der Waals surface area contributed by atoms with E-state index >= 15 is 0 Å². The molecule has 1 heterocycles. The number of hydrogen-bond acceptors (Lipinski definition) is 4. The summed E-state index contributed by atoms with van der Waals surface area (Å²) in [5.41, 5.74) is 13.9. The zero-order valence-electron chi connectivity index (χ0n) is 16.7. The van der Waals surface area contributed by atoms with Gasteiger partial charge >= 0.3 is 25.7 Å². The Balaban J connectivity index is 3.58. The van der Waals surface area contributed by atoms with E-state index in [9.17, 15) is 0 Å². The van der Waals surface area contributed by atoms with Crippen molar-refractivity contribution in [2.24, 2.45) is 0 Å². The first-order chi connectivity index (χ1) is 13.3. The zero-order chi connectivity index (χ0) is 21.3. The Morgan fingerprint density at radius 3 is 1.36 bits per heavy atom. The van der Waals surface area contributed by atoms with Gasteiger partial charge in [-0.2, -0.15) is 0 Å². The van der Waals surface area contributed by atoms with Gasteiger partial charge in [-0.1, -0.05) is 17.8 Å². The van der Waals surface area contributed by atoms with Gasteiger partial charge in [-0.25, -0.2) is 0 Å². The molecule has 0 aromatic carbocycles. The van der Waals surface area contributed by atoms with Gasteiger partial charge in [-0.3, -0.25) is 0 Å². The lowest BCUT2D eigenvalue weighted by Gasteiger charge is -2.42. The molecule has 0 aromatic rings. The van der Waals surface area contributed by atoms with E-state index < -0.39 is 34.0 Å². The van der Waals surface area contributed by atoms with Crippen molar-refractivity contribution in [3.05, 3.63) is 98.2 Å². The summed E-state index contributed by atoms with van der Waals surface area (Å²) >= 11 is 0. The van der Waals surface area contributed by atoms with Crippen LogP contribution in [-0.4, -0.2) is 40.6 Å². The largest absolute Gasteiger partial charge is 0.423 e. The molecular weight excluding hydrogens is 417 g/mol. The second-order valence-corrected chi connectivity index (χ2v) is 19.1. The van der Waals surface area contributed by atoms with Gasteiger partial charge in [-0.05, 0) is 46.7 Å². The summed E-state index contributed by atoms with van der Waals surface area (Å²) in [5.74, 6) is 0. The molecule has 4 nitrogen and oxygen atoms in total. The standard InChI is InChI=1S/C20H32O4Si4/c1-9-25(10-2)20-18-17-19-21-26(11-3,12-4)23-28(15-7,16-8)24-27(13-5,14-6)22-25/h9-16H,1-8,17-20H2. The highest BCUT2D eigenvalue weighted by Crippen LogP contribution is 2.31. The highest BCUT2D eigenvalue weighted by atomic mass is 28.5. The average Bonchev–Trinajstić information content (AvgIpc) is 2.75. The minimum Gasteiger partial charge on any atom is -0.423 e. The molecule has 1 rings (SSSR count). The molecule has 1 fully saturated rings. The monoisotopic (exact) mass is 448 g/mol. The van der Waals surface area contributed by atoms with E-state index in [-0.39, 0.29) is 0 Å². The van der Waals surface area contributed by atoms with E-state index in [4.69, 9.17) is 16.8 Å². The third kappa shape index (κ3) is 5.36. The van der Waals surface area contributed by atoms with Crippen LogP contribution in [0, 0.1) is 0 Å². The lowest BCUT2D eigenvalue weighted by atomic mass is 10.4. The first kappa shape index (κ1) is 24.7. The quantitative estimate of drug-likeness (QED) is 0.494. The van der Waals surface area contributed by atoms with Crippen LogP contribution in [0.15, 0.2) is 98.2 Å². The molecule has 0 atom stereocenters. The van der Waals surface area contributed by atoms with Gasteiger partial charge in [0.1, 0.15) is 0 Å². The first-order valence-electron chi connectivity index (χ1n) is 9.15. The van der Waals surface area contributed by atoms with Crippen molar-refractivity contribution in [1.82, 2.24) is 0 Å². The van der Waals surface area contributed by atoms with E-state index in [1.807, 2.05) is 11.4 Å². The Morgan fingerprint density at radius 2 is 0.929 bits per heavy atom. The van der Waals surface area contributed by atoms with Gasteiger partial charge in [0, 0.05) is 6.61 Å². The van der Waals surface area contributed by atoms with Gasteiger partial charge in [0.05, 0.1) is 0 Å². The van der Waals surface area contributed by atoms with Gasteiger partial charge in [-0.15, -0.1) is 52.6 Å². The van der Waals surface area contributed by atoms with Crippen LogP contribution in [0.4, 0.5) is 0 Å². The van der Waals surface area contributed by atoms with Crippen molar-refractivity contribution in [2.75, 3.05) is 6.61 Å². The molecule has 0 N–H and O–H groups in total. The van der Waals surface area contributed by atoms with Crippen molar-refractivity contribution in [3.63, 3.8) is 0 Å². The molecule has 0 unspecified atom stereocenters. The van der Waals surface area contributed by atoms with Crippen LogP contribution in [0.2, 0.25) is 6.04 Å². The minimum absolute atomic E-state index is 0.521. The molecule has 152 valence electrons. The molecule has 0 bridgehead atoms. The van der Waals surface area contributed by atoms with Crippen LogP contribution in [-0.2, 0) is 16.8 Å². The van der Waals surface area contributed by atoms with Gasteiger partial charge < -0.3 is 16.8 Å². The molecule has 0 amide bonds. The normalized spacial score (nSPS) is 23.4. The Bertz CT molecular complexity index is 573. The van der Waals surface area contributed by atoms with Crippen LogP contribution in [0.1, 0.15) is 12.8 Å². The SMILES string of the molecule is C=C[Si]1(C=C)CCCCO[Si](C=C)(C=C)O[Si](C=C)(C=C)O[Si](C=C)(C=C)O1. The van der Waals surface area contributed by atoms with E-state index in [2.05, 4.69) is 52.6 Å². The molecule has 0 aromatic heterocycles. The predicted octanol–water partition coefficient (Wildman–Crippen LogP) is 4.92. The van der Waals surface area contributed by atoms with E-state index in [1.165, 1.54) is 0 Å². The predicted molar refractivity (Wildman–Crippen MR) is 128 cm³/mol. The van der Waals surface area contributed by atoms with Crippen LogP contribution in [0.25, 0.3) is 0 Å². The summed E-state index contributed by atoms with van der Waals surface area (Å²) < 4.78 is 25.9. The summed E-state index contributed by atoms with van der Waals surface area (Å²) in [7, 11) is -11.7. The molecule has 1 aliphatic heterocycles. The minimum atomic E-state index is -3.18. The fraction of sp³-hybridized carbons (Fsp3) is 0.200. The Kier molecular flexibility index (Phi) is 9.18. The van der Waals surface area contributed by atoms with Crippen LogP contribution in [0.5, 0.6) is 0 Å². The Labute approximate surface area is 174 Å². The fourth-order valence-corrected chi connectivity index (χ4v) is 17.5. The summed E-state index contributed by atoms with van der Waals surface area (Å²) in [6.07, 6.45) is 1.74. The van der Waals surface area contributed by atoms with Crippen molar-refractivity contribution < 1.29 is 16.8 Å². The lowest BCUT2D eigenvalue weighted by molar-refractivity contribution is 0.232. The third-order valence-corrected chi connectivity index (χ3v) is 19.2. The lowest BCUT2D eigenvalue weighted by Crippen LogP contribution is -2.60. The first-order valence-corrected chi connectivity index (χ1v) is 17.3. The molecule has 0 radical (unpaired) electrons. The van der Waals surface area contributed by atoms with Crippen LogP contribution >= 0.6 is 0 Å². The van der Waals surface area contributed by atoms with E-state index in [0.717, 1.165) is 18.9 Å². The van der Waals surface area contributed by atoms with Crippen LogP contribution < -0.4 is 0 Å². The van der Waals surface area contributed by atoms with Crippen molar-refractivity contribution in [3.8, 4) is 0 Å². The van der Waals surface area contributed by atoms with Crippen molar-refractivity contribution >= 4 is 34.0 Å². The van der Waals surface area contributed by atoms with Gasteiger partial charge in [0.15, 0.2) is 0 Å². The Morgan fingerprint density at radius 1 is 0.500 bits per heavy atom. The second-order valence-electron chi connectivity index (χ2n) is 6.36. The molecule has 0 aliphatic carbocycles. The molecular formula is C20H32O4Si4. The summed E-state index contributed by atoms with van der Waals surface area (Å²) in [6.45, 7) is 32.2. The number of rotatable bonds is 8. The molecule has 8 heteroatoms. The van der Waals surface area contributed by atoms with Crippen molar-refractivity contribution in [1.29, 1.82) is 0 Å². The Hall–Kier alpha value is -1.37. The summed E-state index contributed by atoms with van der Waals surface area (Å²) in [4.78, 5) is 0. The maximum absolute atomic E-state index is 6.66. The number of hydrogen-bond donors (Lipinski definition) is 0. The van der Waals surface area contributed by atoms with Gasteiger partial charge in [0.2, 0.25) is 8.32 Å². The molecule has 1 aliphatic rings. The smallest absolute Gasteiger partial charge is 0.382 e. The third-order valence-electron chi connectivity index (χ3n) is 4.68. The summed E-state index contributed by atoms with van der Waals surface area (Å²) in [6, 6.07) is 0.817. The average molecular weight is 449 g/mol. The molecule has 0 saturated carbocycles. The highest BCUT2D eigenvalue weighted by molar-refractivity contribution is 6.99. The fourth-order valence-electron chi connectivity index (χ4n) is 2.81. The molecule has 0 spiro atoms. The molecule has 1 saturated heterocycles. The van der Waals surface area contributed by atoms with Gasteiger partial charge in [0.25, 0.3) is 0 Å². The topological polar surface area (TPSA) is 36.9 Å². The highest BCUT2D eigenvalue weighted by Gasteiger charge is 2.51. The second kappa shape index (κ2) is 10.4.